The summed E-state index contributed by atoms with van der Waals surface area (Å²) in [6.45, 7) is 2.69. The molecule has 2 aromatic carbocycles. The van der Waals surface area contributed by atoms with Crippen molar-refractivity contribution >= 4 is 23.4 Å². The van der Waals surface area contributed by atoms with Crippen molar-refractivity contribution in [2.24, 2.45) is 5.92 Å². The average molecular weight is 548 g/mol. The third-order valence-corrected chi connectivity index (χ3v) is 8.49. The lowest BCUT2D eigenvalue weighted by atomic mass is 9.89. The number of amides is 1. The van der Waals surface area contributed by atoms with Gasteiger partial charge in [0, 0.05) is 42.2 Å². The van der Waals surface area contributed by atoms with Gasteiger partial charge in [-0.15, -0.1) is 11.8 Å². The van der Waals surface area contributed by atoms with E-state index in [0.717, 1.165) is 35.5 Å². The monoisotopic (exact) mass is 547 g/mol. The molecule has 1 amide bonds. The number of likely N-dealkylation sites (N-methyl/N-ethyl adjacent to an activating group) is 1. The van der Waals surface area contributed by atoms with Crippen molar-refractivity contribution in [1.29, 1.82) is 0 Å². The second-order valence-electron chi connectivity index (χ2n) is 10.5. The molecule has 7 nitrogen and oxygen atoms in total. The third-order valence-electron chi connectivity index (χ3n) is 7.69. The second kappa shape index (κ2) is 12.2. The van der Waals surface area contributed by atoms with Gasteiger partial charge >= 0.3 is 0 Å². The van der Waals surface area contributed by atoms with Crippen LogP contribution in [0.3, 0.4) is 0 Å². The summed E-state index contributed by atoms with van der Waals surface area (Å²) in [5, 5.41) is 2.99. The van der Waals surface area contributed by atoms with E-state index >= 15 is 0 Å². The highest BCUT2D eigenvalue weighted by Crippen LogP contribution is 2.47. The molecule has 2 N–H and O–H groups in total. The number of anilines is 1. The Kier molecular flexibility index (Phi) is 8.50. The molecule has 1 atom stereocenters. The summed E-state index contributed by atoms with van der Waals surface area (Å²) < 4.78 is 12.8. The van der Waals surface area contributed by atoms with E-state index in [1.807, 2.05) is 56.6 Å². The highest BCUT2D eigenvalue weighted by atomic mass is 32.2. The minimum absolute atomic E-state index is 0.136. The number of benzene rings is 2. The third kappa shape index (κ3) is 6.11. The standard InChI is InChI=1S/C31H37N3O4S/c1-20-18-26(39-3)24(30(36)33-20)19-32-29(35)23-14-15-25-28(38-31(37-25)22-12-8-5-9-13-22)27(23)34(2)17-16-21-10-6-4-7-11-21/h4,6-7,10-11,14-15,18,22,31H,5,8-9,12-13,16-17,19H2,1-3H3,(H,32,35)(H,33,36). The quantitative estimate of drug-likeness (QED) is 0.335. The van der Waals surface area contributed by atoms with Crippen LogP contribution in [-0.2, 0) is 13.0 Å². The van der Waals surface area contributed by atoms with Gasteiger partial charge in [0.1, 0.15) is 0 Å². The lowest BCUT2D eigenvalue weighted by molar-refractivity contribution is -0.0172. The molecule has 1 aliphatic carbocycles. The number of aromatic nitrogens is 1. The molecule has 5 rings (SSSR count). The Morgan fingerprint density at radius 2 is 1.87 bits per heavy atom. The first-order valence-corrected chi connectivity index (χ1v) is 15.0. The van der Waals surface area contributed by atoms with Crippen LogP contribution in [-0.4, -0.2) is 37.0 Å². The van der Waals surface area contributed by atoms with Gasteiger partial charge in [-0.25, -0.2) is 0 Å². The molecule has 2 aliphatic rings. The number of thioether (sulfide) groups is 1. The first kappa shape index (κ1) is 27.2. The summed E-state index contributed by atoms with van der Waals surface area (Å²) in [7, 11) is 1.99. The van der Waals surface area contributed by atoms with E-state index in [2.05, 4.69) is 27.3 Å². The molecule has 1 aromatic heterocycles. The summed E-state index contributed by atoms with van der Waals surface area (Å²) in [5.41, 5.74) is 3.63. The van der Waals surface area contributed by atoms with Gasteiger partial charge in [0.2, 0.25) is 6.29 Å². The second-order valence-corrected chi connectivity index (χ2v) is 11.3. The Labute approximate surface area is 234 Å². The van der Waals surface area contributed by atoms with Crippen molar-refractivity contribution in [3.05, 3.63) is 81.3 Å². The van der Waals surface area contributed by atoms with E-state index < -0.39 is 0 Å². The number of hydrogen-bond donors (Lipinski definition) is 2. The molecule has 0 spiro atoms. The van der Waals surface area contributed by atoms with Crippen LogP contribution in [0.25, 0.3) is 0 Å². The van der Waals surface area contributed by atoms with E-state index in [9.17, 15) is 9.59 Å². The predicted octanol–water partition coefficient (Wildman–Crippen LogP) is 5.69. The summed E-state index contributed by atoms with van der Waals surface area (Å²) in [6, 6.07) is 15.9. The van der Waals surface area contributed by atoms with Gasteiger partial charge < -0.3 is 24.7 Å². The van der Waals surface area contributed by atoms with E-state index in [0.29, 0.717) is 35.1 Å². The largest absolute Gasteiger partial charge is 0.451 e. The van der Waals surface area contributed by atoms with Gasteiger partial charge in [0.05, 0.1) is 11.3 Å². The normalized spacial score (nSPS) is 16.7. The predicted molar refractivity (Wildman–Crippen MR) is 156 cm³/mol. The van der Waals surface area contributed by atoms with Gasteiger partial charge in [0.15, 0.2) is 11.5 Å². The Bertz CT molecular complexity index is 1370. The van der Waals surface area contributed by atoms with Crippen LogP contribution in [0, 0.1) is 12.8 Å². The average Bonchev–Trinajstić information content (AvgIpc) is 3.40. The number of aromatic amines is 1. The van der Waals surface area contributed by atoms with Crippen LogP contribution in [0.2, 0.25) is 0 Å². The fraction of sp³-hybridized carbons (Fsp3) is 0.419. The molecule has 1 fully saturated rings. The van der Waals surface area contributed by atoms with Gasteiger partial charge in [-0.05, 0) is 56.2 Å². The topological polar surface area (TPSA) is 83.7 Å². The maximum absolute atomic E-state index is 13.6. The van der Waals surface area contributed by atoms with Gasteiger partial charge in [-0.1, -0.05) is 49.6 Å². The molecule has 1 aliphatic heterocycles. The molecule has 0 bridgehead atoms. The van der Waals surface area contributed by atoms with Crippen LogP contribution in [0.15, 0.2) is 58.2 Å². The SMILES string of the molecule is CSc1cc(C)[nH]c(=O)c1CNC(=O)c1ccc2c(c1N(C)CCc1ccccc1)OC(C1CCCCC1)O2. The van der Waals surface area contributed by atoms with Crippen molar-refractivity contribution in [2.75, 3.05) is 24.7 Å². The van der Waals surface area contributed by atoms with Crippen molar-refractivity contribution in [3.63, 3.8) is 0 Å². The maximum Gasteiger partial charge on any atom is 0.254 e. The number of carbonyl (C=O) groups excluding carboxylic acids is 1. The maximum atomic E-state index is 13.6. The molecule has 1 unspecified atom stereocenters. The van der Waals surface area contributed by atoms with Crippen molar-refractivity contribution < 1.29 is 14.3 Å². The zero-order chi connectivity index (χ0) is 27.4. The van der Waals surface area contributed by atoms with E-state index in [1.165, 1.54) is 36.6 Å². The van der Waals surface area contributed by atoms with Crippen molar-refractivity contribution in [3.8, 4) is 11.5 Å². The van der Waals surface area contributed by atoms with E-state index in [1.54, 1.807) is 0 Å². The fourth-order valence-electron chi connectivity index (χ4n) is 5.54. The van der Waals surface area contributed by atoms with Gasteiger partial charge in [-0.3, -0.25) is 9.59 Å². The molecule has 206 valence electrons. The van der Waals surface area contributed by atoms with E-state index in [-0.39, 0.29) is 24.3 Å². The summed E-state index contributed by atoms with van der Waals surface area (Å²) >= 11 is 1.50. The number of nitrogens with zero attached hydrogens (tertiary/aromatic N) is 1. The molecule has 3 aromatic rings. The first-order chi connectivity index (χ1) is 18.9. The van der Waals surface area contributed by atoms with E-state index in [4.69, 9.17) is 9.47 Å². The Hall–Kier alpha value is -3.39. The molecule has 1 saturated carbocycles. The van der Waals surface area contributed by atoms with Crippen LogP contribution in [0.5, 0.6) is 11.5 Å². The van der Waals surface area contributed by atoms with Crippen LogP contribution < -0.4 is 25.2 Å². The number of carbonyl (C=O) groups is 1. The molecule has 2 heterocycles. The van der Waals surface area contributed by atoms with Crippen molar-refractivity contribution in [1.82, 2.24) is 10.3 Å². The van der Waals surface area contributed by atoms with Gasteiger partial charge in [-0.2, -0.15) is 0 Å². The van der Waals surface area contributed by atoms with Crippen molar-refractivity contribution in [2.45, 2.75) is 63.2 Å². The Morgan fingerprint density at radius 3 is 2.62 bits per heavy atom. The zero-order valence-electron chi connectivity index (χ0n) is 22.9. The fourth-order valence-corrected chi connectivity index (χ4v) is 6.24. The van der Waals surface area contributed by atoms with Crippen LogP contribution >= 0.6 is 11.8 Å². The number of hydrogen-bond acceptors (Lipinski definition) is 6. The molecular weight excluding hydrogens is 510 g/mol. The summed E-state index contributed by atoms with van der Waals surface area (Å²) in [5.74, 6) is 1.41. The number of rotatable bonds is 9. The first-order valence-electron chi connectivity index (χ1n) is 13.7. The zero-order valence-corrected chi connectivity index (χ0v) is 23.7. The molecular formula is C31H37N3O4S. The van der Waals surface area contributed by atoms with Crippen LogP contribution in [0.1, 0.15) is 59.3 Å². The van der Waals surface area contributed by atoms with Gasteiger partial charge in [0.25, 0.3) is 11.5 Å². The lowest BCUT2D eigenvalue weighted by Gasteiger charge is -2.26. The lowest BCUT2D eigenvalue weighted by Crippen LogP contribution is -2.31. The smallest absolute Gasteiger partial charge is 0.254 e. The number of aryl methyl sites for hydroxylation is 1. The Morgan fingerprint density at radius 1 is 1.10 bits per heavy atom. The summed E-state index contributed by atoms with van der Waals surface area (Å²) in [4.78, 5) is 32.0. The number of nitrogens with one attached hydrogen (secondary N) is 2. The molecule has 0 radical (unpaired) electrons. The number of ether oxygens (including phenoxy) is 2. The molecule has 8 heteroatoms. The number of H-pyrrole nitrogens is 1. The van der Waals surface area contributed by atoms with Crippen LogP contribution in [0.4, 0.5) is 5.69 Å². The minimum Gasteiger partial charge on any atom is -0.451 e. The minimum atomic E-state index is -0.324. The molecule has 39 heavy (non-hydrogen) atoms. The Balaban J connectivity index is 1.41. The highest BCUT2D eigenvalue weighted by molar-refractivity contribution is 7.98. The number of pyridine rings is 1. The molecule has 0 saturated heterocycles. The number of fused-ring (bicyclic) bond motifs is 1. The highest BCUT2D eigenvalue weighted by Gasteiger charge is 2.36. The summed E-state index contributed by atoms with van der Waals surface area (Å²) in [6.07, 6.45) is 8.26.